The van der Waals surface area contributed by atoms with Crippen LogP contribution in [0, 0.1) is 0 Å². The standard InChI is InChI=1S/C14H11NO/c1-15-8-2-3-11-5-4-10-6-7-12(16)9-13(10)14(11)15/h2-9H,1H3/p+1. The Kier molecular flexibility index (Phi) is 1.83. The lowest BCUT2D eigenvalue weighted by Gasteiger charge is -2.02. The van der Waals surface area contributed by atoms with Crippen LogP contribution in [0.1, 0.15) is 0 Å². The van der Waals surface area contributed by atoms with Crippen molar-refractivity contribution >= 4 is 21.7 Å². The van der Waals surface area contributed by atoms with Gasteiger partial charge in [-0.25, -0.2) is 4.57 Å². The van der Waals surface area contributed by atoms with E-state index in [9.17, 15) is 5.11 Å². The molecule has 0 bridgehead atoms. The average Bonchev–Trinajstić information content (AvgIpc) is 2.28. The van der Waals surface area contributed by atoms with Crippen molar-refractivity contribution in [2.45, 2.75) is 0 Å². The zero-order valence-electron chi connectivity index (χ0n) is 9.01. The Morgan fingerprint density at radius 2 is 1.75 bits per heavy atom. The SMILES string of the molecule is C[n+]1cccc2ccc3ccc(O)cc3c21. The molecular weight excluding hydrogens is 198 g/mol. The maximum absolute atomic E-state index is 9.57. The summed E-state index contributed by atoms with van der Waals surface area (Å²) in [5, 5.41) is 13.0. The number of phenols is 1. The quantitative estimate of drug-likeness (QED) is 0.447. The van der Waals surface area contributed by atoms with E-state index in [2.05, 4.69) is 22.8 Å². The van der Waals surface area contributed by atoms with Crippen LogP contribution in [0.2, 0.25) is 0 Å². The topological polar surface area (TPSA) is 24.1 Å². The van der Waals surface area contributed by atoms with Gasteiger partial charge in [-0.1, -0.05) is 12.1 Å². The van der Waals surface area contributed by atoms with Crippen LogP contribution in [-0.2, 0) is 7.05 Å². The summed E-state index contributed by atoms with van der Waals surface area (Å²) in [7, 11) is 2.02. The number of phenolic OH excluding ortho intramolecular Hbond substituents is 1. The molecule has 0 atom stereocenters. The van der Waals surface area contributed by atoms with Crippen LogP contribution < -0.4 is 4.57 Å². The molecule has 2 aromatic carbocycles. The minimum Gasteiger partial charge on any atom is -0.508 e. The fourth-order valence-corrected chi connectivity index (χ4v) is 2.19. The monoisotopic (exact) mass is 210 g/mol. The van der Waals surface area contributed by atoms with Crippen LogP contribution in [0.15, 0.2) is 48.7 Å². The molecule has 0 aliphatic rings. The van der Waals surface area contributed by atoms with Gasteiger partial charge in [-0.05, 0) is 29.7 Å². The summed E-state index contributed by atoms with van der Waals surface area (Å²) in [6.45, 7) is 0. The van der Waals surface area contributed by atoms with Crippen molar-refractivity contribution in [3.05, 3.63) is 48.7 Å². The Morgan fingerprint density at radius 3 is 2.62 bits per heavy atom. The molecule has 0 amide bonds. The predicted octanol–water partition coefficient (Wildman–Crippen LogP) is 2.52. The smallest absolute Gasteiger partial charge is 0.220 e. The minimum absolute atomic E-state index is 0.309. The van der Waals surface area contributed by atoms with Crippen molar-refractivity contribution < 1.29 is 9.67 Å². The molecule has 0 spiro atoms. The lowest BCUT2D eigenvalue weighted by Crippen LogP contribution is -2.28. The lowest BCUT2D eigenvalue weighted by molar-refractivity contribution is -0.644. The molecule has 0 unspecified atom stereocenters. The van der Waals surface area contributed by atoms with Crippen molar-refractivity contribution in [2.24, 2.45) is 7.05 Å². The third-order valence-electron chi connectivity index (χ3n) is 2.95. The molecule has 2 heteroatoms. The Labute approximate surface area is 93.4 Å². The Morgan fingerprint density at radius 1 is 1.00 bits per heavy atom. The van der Waals surface area contributed by atoms with Crippen molar-refractivity contribution in [3.8, 4) is 5.75 Å². The maximum Gasteiger partial charge on any atom is 0.220 e. The van der Waals surface area contributed by atoms with Crippen LogP contribution in [0.5, 0.6) is 5.75 Å². The number of benzene rings is 2. The molecule has 3 rings (SSSR count). The van der Waals surface area contributed by atoms with Gasteiger partial charge in [0.2, 0.25) is 5.52 Å². The number of aryl methyl sites for hydroxylation is 1. The summed E-state index contributed by atoms with van der Waals surface area (Å²) in [5.74, 6) is 0.309. The van der Waals surface area contributed by atoms with Crippen molar-refractivity contribution in [2.75, 3.05) is 0 Å². The van der Waals surface area contributed by atoms with Gasteiger partial charge >= 0.3 is 0 Å². The number of hydrogen-bond acceptors (Lipinski definition) is 1. The number of aromatic nitrogens is 1. The molecule has 0 saturated heterocycles. The van der Waals surface area contributed by atoms with E-state index in [1.807, 2.05) is 31.4 Å². The summed E-state index contributed by atoms with van der Waals surface area (Å²) in [6, 6.07) is 13.8. The normalized spacial score (nSPS) is 11.1. The van der Waals surface area contributed by atoms with Crippen molar-refractivity contribution in [3.63, 3.8) is 0 Å². The Bertz CT molecular complexity index is 689. The maximum atomic E-state index is 9.57. The lowest BCUT2D eigenvalue weighted by atomic mass is 10.1. The number of hydrogen-bond donors (Lipinski definition) is 1. The van der Waals surface area contributed by atoms with Crippen LogP contribution in [0.25, 0.3) is 21.7 Å². The number of aromatic hydroxyl groups is 1. The molecule has 78 valence electrons. The molecule has 1 aromatic heterocycles. The third-order valence-corrected chi connectivity index (χ3v) is 2.95. The largest absolute Gasteiger partial charge is 0.508 e. The highest BCUT2D eigenvalue weighted by molar-refractivity contribution is 6.03. The molecule has 0 aliphatic heterocycles. The second kappa shape index (κ2) is 3.20. The molecule has 0 radical (unpaired) electrons. The van der Waals surface area contributed by atoms with E-state index in [4.69, 9.17) is 0 Å². The molecule has 3 aromatic rings. The van der Waals surface area contributed by atoms with Gasteiger partial charge in [-0.15, -0.1) is 0 Å². The molecule has 0 aliphatic carbocycles. The fourth-order valence-electron chi connectivity index (χ4n) is 2.19. The van der Waals surface area contributed by atoms with Gasteiger partial charge in [0.15, 0.2) is 6.20 Å². The van der Waals surface area contributed by atoms with Gasteiger partial charge in [-0.3, -0.25) is 0 Å². The second-order valence-electron chi connectivity index (χ2n) is 4.03. The highest BCUT2D eigenvalue weighted by Gasteiger charge is 2.09. The molecule has 0 saturated carbocycles. The van der Waals surface area contributed by atoms with Crippen LogP contribution in [0.4, 0.5) is 0 Å². The van der Waals surface area contributed by atoms with Crippen LogP contribution in [0.3, 0.4) is 0 Å². The summed E-state index contributed by atoms with van der Waals surface area (Å²) >= 11 is 0. The van der Waals surface area contributed by atoms with Gasteiger partial charge in [-0.2, -0.15) is 0 Å². The summed E-state index contributed by atoms with van der Waals surface area (Å²) in [5.41, 5.74) is 1.15. The number of pyridine rings is 1. The fraction of sp³-hybridized carbons (Fsp3) is 0.0714. The van der Waals surface area contributed by atoms with Gasteiger partial charge in [0.1, 0.15) is 12.8 Å². The Balaban J connectivity index is 2.61. The van der Waals surface area contributed by atoms with E-state index >= 15 is 0 Å². The first-order valence-electron chi connectivity index (χ1n) is 5.26. The van der Waals surface area contributed by atoms with E-state index in [0.29, 0.717) is 5.75 Å². The van der Waals surface area contributed by atoms with E-state index in [1.54, 1.807) is 6.07 Å². The molecule has 0 fully saturated rings. The zero-order chi connectivity index (χ0) is 11.1. The van der Waals surface area contributed by atoms with E-state index in [0.717, 1.165) is 16.3 Å². The summed E-state index contributed by atoms with van der Waals surface area (Å²) in [6.07, 6.45) is 2.02. The van der Waals surface area contributed by atoms with Crippen molar-refractivity contribution in [1.82, 2.24) is 0 Å². The number of fused-ring (bicyclic) bond motifs is 3. The van der Waals surface area contributed by atoms with Gasteiger partial charge < -0.3 is 5.11 Å². The molecule has 2 nitrogen and oxygen atoms in total. The summed E-state index contributed by atoms with van der Waals surface area (Å²) < 4.78 is 2.08. The second-order valence-corrected chi connectivity index (χ2v) is 4.03. The third kappa shape index (κ3) is 1.23. The van der Waals surface area contributed by atoms with Gasteiger partial charge in [0.05, 0.1) is 5.39 Å². The zero-order valence-corrected chi connectivity index (χ0v) is 9.01. The number of rotatable bonds is 0. The molecule has 1 N–H and O–H groups in total. The first-order chi connectivity index (χ1) is 7.75. The van der Waals surface area contributed by atoms with Crippen molar-refractivity contribution in [1.29, 1.82) is 0 Å². The highest BCUT2D eigenvalue weighted by Crippen LogP contribution is 2.25. The molecule has 16 heavy (non-hydrogen) atoms. The minimum atomic E-state index is 0.309. The molecule has 1 heterocycles. The summed E-state index contributed by atoms with van der Waals surface area (Å²) in [4.78, 5) is 0. The van der Waals surface area contributed by atoms with Gasteiger partial charge in [0, 0.05) is 11.5 Å². The first-order valence-corrected chi connectivity index (χ1v) is 5.26. The highest BCUT2D eigenvalue weighted by atomic mass is 16.3. The Hall–Kier alpha value is -2.09. The van der Waals surface area contributed by atoms with Crippen LogP contribution >= 0.6 is 0 Å². The predicted molar refractivity (Wildman–Crippen MR) is 64.3 cm³/mol. The van der Waals surface area contributed by atoms with E-state index < -0.39 is 0 Å². The van der Waals surface area contributed by atoms with Crippen LogP contribution in [-0.4, -0.2) is 5.11 Å². The van der Waals surface area contributed by atoms with Gasteiger partial charge in [0.25, 0.3) is 0 Å². The molecular formula is C14H12NO+. The number of nitrogens with zero attached hydrogens (tertiary/aromatic N) is 1. The van der Waals surface area contributed by atoms with E-state index in [1.165, 1.54) is 5.39 Å². The average molecular weight is 210 g/mol. The first kappa shape index (κ1) is 9.16. The van der Waals surface area contributed by atoms with E-state index in [-0.39, 0.29) is 0 Å².